The van der Waals surface area contributed by atoms with Gasteiger partial charge in [0.05, 0.1) is 0 Å². The van der Waals surface area contributed by atoms with Crippen molar-refractivity contribution in [1.82, 2.24) is 5.32 Å². The van der Waals surface area contributed by atoms with E-state index in [1.165, 1.54) is 12.1 Å². The van der Waals surface area contributed by atoms with Gasteiger partial charge in [-0.3, -0.25) is 9.59 Å². The van der Waals surface area contributed by atoms with Crippen molar-refractivity contribution in [3.8, 4) is 0 Å². The number of hydrogen-bond donors (Lipinski definition) is 1. The van der Waals surface area contributed by atoms with Crippen molar-refractivity contribution in [2.75, 3.05) is 12.3 Å². The fraction of sp³-hybridized carbons (Fsp3) is 0.263. The van der Waals surface area contributed by atoms with Crippen molar-refractivity contribution >= 4 is 35.1 Å². The van der Waals surface area contributed by atoms with E-state index in [2.05, 4.69) is 5.32 Å². The van der Waals surface area contributed by atoms with Crippen molar-refractivity contribution in [2.24, 2.45) is 0 Å². The Balaban J connectivity index is 1.58. The largest absolute Gasteiger partial charge is 0.356 e. The summed E-state index contributed by atoms with van der Waals surface area (Å²) in [5.74, 6) is 0.382. The number of rotatable bonds is 9. The van der Waals surface area contributed by atoms with Crippen LogP contribution in [0.5, 0.6) is 0 Å². The number of carbonyl (C=O) groups excluding carboxylic acids is 2. The molecule has 1 N–H and O–H groups in total. The first-order valence-corrected chi connectivity index (χ1v) is 9.35. The van der Waals surface area contributed by atoms with E-state index in [-0.39, 0.29) is 30.3 Å². The van der Waals surface area contributed by atoms with E-state index in [9.17, 15) is 14.0 Å². The van der Waals surface area contributed by atoms with Crippen molar-refractivity contribution in [3.05, 3.63) is 64.9 Å². The van der Waals surface area contributed by atoms with E-state index in [0.717, 1.165) is 17.1 Å². The van der Waals surface area contributed by atoms with Crippen LogP contribution in [0.2, 0.25) is 5.02 Å². The number of nitrogens with one attached hydrogen (secondary N) is 1. The molecule has 0 saturated heterocycles. The lowest BCUT2D eigenvalue weighted by Gasteiger charge is -2.05. The molecule has 0 unspecified atom stereocenters. The van der Waals surface area contributed by atoms with Crippen molar-refractivity contribution in [3.63, 3.8) is 0 Å². The van der Waals surface area contributed by atoms with Gasteiger partial charge in [-0.25, -0.2) is 4.39 Å². The number of halogens is 2. The molecule has 1 amide bonds. The minimum atomic E-state index is -0.246. The summed E-state index contributed by atoms with van der Waals surface area (Å²) < 4.78 is 12.8. The Labute approximate surface area is 156 Å². The molecular formula is C19H19ClFNO2S. The van der Waals surface area contributed by atoms with E-state index in [4.69, 9.17) is 11.6 Å². The summed E-state index contributed by atoms with van der Waals surface area (Å²) >= 11 is 7.39. The second kappa shape index (κ2) is 10.2. The highest BCUT2D eigenvalue weighted by molar-refractivity contribution is 7.99. The van der Waals surface area contributed by atoms with E-state index < -0.39 is 0 Å². The highest BCUT2D eigenvalue weighted by atomic mass is 35.5. The van der Waals surface area contributed by atoms with Gasteiger partial charge in [-0.05, 0) is 60.7 Å². The van der Waals surface area contributed by atoms with Crippen LogP contribution < -0.4 is 5.32 Å². The van der Waals surface area contributed by atoms with E-state index in [1.807, 2.05) is 0 Å². The van der Waals surface area contributed by atoms with Crippen LogP contribution in [-0.2, 0) is 4.79 Å². The Bertz CT molecular complexity index is 704. The zero-order valence-electron chi connectivity index (χ0n) is 13.6. The Hall–Kier alpha value is -1.85. The van der Waals surface area contributed by atoms with Gasteiger partial charge < -0.3 is 5.32 Å². The topological polar surface area (TPSA) is 46.2 Å². The Morgan fingerprint density at radius 3 is 2.36 bits per heavy atom. The number of carbonyl (C=O) groups is 2. The number of thioether (sulfide) groups is 1. The fourth-order valence-corrected chi connectivity index (χ4v) is 3.10. The molecule has 0 bridgehead atoms. The standard InChI is InChI=1S/C19H19ClFNO2S/c20-15-4-2-14(3-5-15)18(23)10-11-19(24)22-12-1-13-25-17-8-6-16(21)7-9-17/h2-9H,1,10-13H2,(H,22,24). The first-order chi connectivity index (χ1) is 12.0. The number of Topliss-reactive ketones (excluding diaryl/α,β-unsaturated/α-hetero) is 1. The molecule has 0 aliphatic rings. The highest BCUT2D eigenvalue weighted by Crippen LogP contribution is 2.18. The van der Waals surface area contributed by atoms with Gasteiger partial charge in [0.25, 0.3) is 0 Å². The summed E-state index contributed by atoms with van der Waals surface area (Å²) in [6.07, 6.45) is 1.16. The van der Waals surface area contributed by atoms with Crippen molar-refractivity contribution in [2.45, 2.75) is 24.2 Å². The predicted octanol–water partition coefficient (Wildman–Crippen LogP) is 4.74. The number of amides is 1. The maximum Gasteiger partial charge on any atom is 0.220 e. The van der Waals surface area contributed by atoms with Crippen LogP contribution in [0.15, 0.2) is 53.4 Å². The first-order valence-electron chi connectivity index (χ1n) is 7.98. The van der Waals surface area contributed by atoms with Gasteiger partial charge in [-0.15, -0.1) is 11.8 Å². The van der Waals surface area contributed by atoms with Gasteiger partial charge in [0.15, 0.2) is 5.78 Å². The maximum absolute atomic E-state index is 12.8. The molecule has 3 nitrogen and oxygen atoms in total. The number of benzene rings is 2. The Kier molecular flexibility index (Phi) is 7.95. The Morgan fingerprint density at radius 1 is 1.00 bits per heavy atom. The average molecular weight is 380 g/mol. The molecule has 0 aliphatic heterocycles. The van der Waals surface area contributed by atoms with Gasteiger partial charge in [-0.2, -0.15) is 0 Å². The molecule has 6 heteroatoms. The van der Waals surface area contributed by atoms with Crippen LogP contribution in [0.1, 0.15) is 29.6 Å². The molecule has 0 saturated carbocycles. The zero-order valence-corrected chi connectivity index (χ0v) is 15.2. The molecule has 0 fully saturated rings. The molecule has 2 aromatic carbocycles. The molecule has 132 valence electrons. The molecule has 2 rings (SSSR count). The normalized spacial score (nSPS) is 10.5. The van der Waals surface area contributed by atoms with E-state index in [1.54, 1.807) is 48.2 Å². The van der Waals surface area contributed by atoms with Crippen molar-refractivity contribution in [1.29, 1.82) is 0 Å². The zero-order chi connectivity index (χ0) is 18.1. The molecule has 0 atom stereocenters. The lowest BCUT2D eigenvalue weighted by molar-refractivity contribution is -0.121. The van der Waals surface area contributed by atoms with Crippen LogP contribution in [0.3, 0.4) is 0 Å². The molecule has 0 radical (unpaired) electrons. The molecule has 0 aromatic heterocycles. The SMILES string of the molecule is O=C(CCC(=O)c1ccc(Cl)cc1)NCCCSc1ccc(F)cc1. The van der Waals surface area contributed by atoms with Crippen LogP contribution in [-0.4, -0.2) is 24.0 Å². The smallest absolute Gasteiger partial charge is 0.220 e. The molecular weight excluding hydrogens is 361 g/mol. The van der Waals surface area contributed by atoms with Gasteiger partial charge in [-0.1, -0.05) is 11.6 Å². The minimum absolute atomic E-state index is 0.0707. The summed E-state index contributed by atoms with van der Waals surface area (Å²) in [6, 6.07) is 13.0. The fourth-order valence-electron chi connectivity index (χ4n) is 2.12. The second-order valence-electron chi connectivity index (χ2n) is 5.44. The summed E-state index contributed by atoms with van der Waals surface area (Å²) in [6.45, 7) is 0.558. The predicted molar refractivity (Wildman–Crippen MR) is 99.8 cm³/mol. The van der Waals surface area contributed by atoms with Crippen LogP contribution in [0.4, 0.5) is 4.39 Å². The second-order valence-corrected chi connectivity index (χ2v) is 7.04. The van der Waals surface area contributed by atoms with Gasteiger partial charge in [0.2, 0.25) is 5.91 Å². The molecule has 0 spiro atoms. The Morgan fingerprint density at radius 2 is 1.68 bits per heavy atom. The van der Waals surface area contributed by atoms with Gasteiger partial charge in [0.1, 0.15) is 5.82 Å². The van der Waals surface area contributed by atoms with Crippen molar-refractivity contribution < 1.29 is 14.0 Å². The number of hydrogen-bond acceptors (Lipinski definition) is 3. The first kappa shape index (κ1) is 19.5. The summed E-state index contributed by atoms with van der Waals surface area (Å²) in [5.41, 5.74) is 0.563. The molecule has 2 aromatic rings. The lowest BCUT2D eigenvalue weighted by atomic mass is 10.1. The monoisotopic (exact) mass is 379 g/mol. The quantitative estimate of drug-likeness (QED) is 0.389. The molecule has 0 heterocycles. The van der Waals surface area contributed by atoms with Crippen LogP contribution in [0.25, 0.3) is 0 Å². The number of ketones is 1. The maximum atomic E-state index is 12.8. The molecule has 25 heavy (non-hydrogen) atoms. The summed E-state index contributed by atoms with van der Waals surface area (Å²) in [5, 5.41) is 3.39. The molecule has 0 aliphatic carbocycles. The van der Waals surface area contributed by atoms with Crippen LogP contribution in [0, 0.1) is 5.82 Å². The summed E-state index contributed by atoms with van der Waals surface area (Å²) in [4.78, 5) is 24.7. The van der Waals surface area contributed by atoms with Crippen LogP contribution >= 0.6 is 23.4 Å². The third-order valence-electron chi connectivity index (χ3n) is 3.47. The third kappa shape index (κ3) is 7.28. The van der Waals surface area contributed by atoms with Gasteiger partial charge >= 0.3 is 0 Å². The van der Waals surface area contributed by atoms with E-state index in [0.29, 0.717) is 17.1 Å². The third-order valence-corrected chi connectivity index (χ3v) is 4.82. The van der Waals surface area contributed by atoms with E-state index >= 15 is 0 Å². The highest BCUT2D eigenvalue weighted by Gasteiger charge is 2.09. The lowest BCUT2D eigenvalue weighted by Crippen LogP contribution is -2.25. The average Bonchev–Trinajstić information content (AvgIpc) is 2.61. The minimum Gasteiger partial charge on any atom is -0.356 e. The summed E-state index contributed by atoms with van der Waals surface area (Å²) in [7, 11) is 0. The van der Waals surface area contributed by atoms with Gasteiger partial charge in [0, 0.05) is 34.9 Å².